The van der Waals surface area contributed by atoms with Crippen LogP contribution in [0.2, 0.25) is 3.67 Å². The molecule has 0 unspecified atom stereocenters. The average Bonchev–Trinajstić information content (AvgIpc) is 2.74. The first-order valence-electron chi connectivity index (χ1n) is 14.4. The van der Waals surface area contributed by atoms with E-state index in [1.807, 2.05) is 0 Å². The van der Waals surface area contributed by atoms with Crippen LogP contribution in [0.1, 0.15) is 174 Å². The molecule has 0 fully saturated rings. The van der Waals surface area contributed by atoms with E-state index in [0.717, 1.165) is 0 Å². The van der Waals surface area contributed by atoms with Crippen molar-refractivity contribution in [3.63, 3.8) is 0 Å². The van der Waals surface area contributed by atoms with Crippen LogP contribution in [-0.4, -0.2) is 27.9 Å². The number of hydrogen-bond donors (Lipinski definition) is 0. The fourth-order valence-electron chi connectivity index (χ4n) is 4.57. The van der Waals surface area contributed by atoms with Gasteiger partial charge in [-0.05, 0) is 0 Å². The standard InChI is InChI=1S/C28H57.Na/c1-3-5-7-9-11-13-15-17-19-21-23-25-27-28-26-24-22-20-18-16-14-12-10-8-6-4-2;/h1,3-28H2,2H3;. The van der Waals surface area contributed by atoms with E-state index in [2.05, 4.69) is 6.92 Å². The van der Waals surface area contributed by atoms with Crippen LogP contribution in [0.25, 0.3) is 0 Å². The Morgan fingerprint density at radius 3 is 0.621 bits per heavy atom. The second-order valence-corrected chi connectivity index (χ2v) is 10.8. The molecule has 0 heterocycles. The van der Waals surface area contributed by atoms with Gasteiger partial charge in [0.25, 0.3) is 0 Å². The van der Waals surface area contributed by atoms with Crippen LogP contribution in [0, 0.1) is 0 Å². The molecule has 0 aromatic carbocycles. The molecule has 1 heteroatoms. The molecule has 0 saturated heterocycles. The maximum absolute atomic E-state index is 2.31. The Bertz CT molecular complexity index is 237. The summed E-state index contributed by atoms with van der Waals surface area (Å²) in [5.41, 5.74) is 0. The summed E-state index contributed by atoms with van der Waals surface area (Å²) in [7, 11) is 0. The summed E-state index contributed by atoms with van der Waals surface area (Å²) in [6.07, 6.45) is 38.7. The Kier molecular flexibility index (Phi) is 30.0. The monoisotopic (exact) mass is 416 g/mol. The summed E-state index contributed by atoms with van der Waals surface area (Å²) >= 11 is 1.41. The zero-order chi connectivity index (χ0) is 21.1. The molecule has 0 aliphatic carbocycles. The second kappa shape index (κ2) is 29.0. The van der Waals surface area contributed by atoms with Crippen LogP contribution in [0.5, 0.6) is 0 Å². The predicted octanol–water partition coefficient (Wildman–Crippen LogP) is 10.7. The van der Waals surface area contributed by atoms with E-state index >= 15 is 0 Å². The number of rotatable bonds is 26. The SMILES string of the molecule is CCCCCCCCCCCCCCCCCCCCCCCCCCC[CH2][Na]. The first-order valence-corrected chi connectivity index (χ1v) is 15.8. The van der Waals surface area contributed by atoms with Gasteiger partial charge in [0.2, 0.25) is 0 Å². The van der Waals surface area contributed by atoms with Crippen LogP contribution in [0.15, 0.2) is 0 Å². The van der Waals surface area contributed by atoms with Crippen LogP contribution in [-0.2, 0) is 0 Å². The van der Waals surface area contributed by atoms with Crippen molar-refractivity contribution in [2.75, 3.05) is 0 Å². The Morgan fingerprint density at radius 2 is 0.448 bits per heavy atom. The Hall–Kier alpha value is 1.00. The molecule has 0 saturated carbocycles. The van der Waals surface area contributed by atoms with E-state index in [1.54, 1.807) is 0 Å². The zero-order valence-electron chi connectivity index (χ0n) is 21.1. The van der Waals surface area contributed by atoms with Crippen molar-refractivity contribution in [2.45, 2.75) is 178 Å². The minimum atomic E-state index is 1.38. The number of hydrogen-bond acceptors (Lipinski definition) is 0. The van der Waals surface area contributed by atoms with Gasteiger partial charge < -0.3 is 0 Å². The predicted molar refractivity (Wildman–Crippen MR) is 136 cm³/mol. The molecule has 29 heavy (non-hydrogen) atoms. The van der Waals surface area contributed by atoms with Gasteiger partial charge in [-0.3, -0.25) is 0 Å². The van der Waals surface area contributed by atoms with E-state index in [0.29, 0.717) is 0 Å². The molecule has 0 atom stereocenters. The molecule has 0 aromatic rings. The third kappa shape index (κ3) is 29.0. The van der Waals surface area contributed by atoms with Crippen molar-refractivity contribution in [3.05, 3.63) is 0 Å². The normalized spacial score (nSPS) is 11.4. The summed E-state index contributed by atoms with van der Waals surface area (Å²) in [5.74, 6) is 0. The van der Waals surface area contributed by atoms with Gasteiger partial charge in [0, 0.05) is 0 Å². The molecule has 0 nitrogen and oxygen atoms in total. The first-order chi connectivity index (χ1) is 14.4. The van der Waals surface area contributed by atoms with Crippen LogP contribution in [0.4, 0.5) is 0 Å². The molecule has 0 aromatic heterocycles. The summed E-state index contributed by atoms with van der Waals surface area (Å²) in [4.78, 5) is 0. The van der Waals surface area contributed by atoms with Gasteiger partial charge in [-0.1, -0.05) is 103 Å². The molecule has 0 amide bonds. The average molecular weight is 417 g/mol. The minimum absolute atomic E-state index is 1.38. The third-order valence-corrected chi connectivity index (χ3v) is 7.41. The first kappa shape index (κ1) is 30.0. The van der Waals surface area contributed by atoms with Crippen molar-refractivity contribution in [2.24, 2.45) is 0 Å². The van der Waals surface area contributed by atoms with Crippen LogP contribution < -0.4 is 0 Å². The van der Waals surface area contributed by atoms with Crippen molar-refractivity contribution in [3.8, 4) is 0 Å². The Balaban J connectivity index is 2.97. The van der Waals surface area contributed by atoms with Gasteiger partial charge in [-0.15, -0.1) is 0 Å². The Labute approximate surface area is 204 Å². The maximum atomic E-state index is 2.31. The van der Waals surface area contributed by atoms with Crippen LogP contribution >= 0.6 is 0 Å². The molecule has 0 aliphatic heterocycles. The van der Waals surface area contributed by atoms with Gasteiger partial charge in [0.05, 0.1) is 0 Å². The molecule has 0 N–H and O–H groups in total. The summed E-state index contributed by atoms with van der Waals surface area (Å²) in [6.45, 7) is 2.31. The van der Waals surface area contributed by atoms with Crippen molar-refractivity contribution in [1.82, 2.24) is 0 Å². The molecular weight excluding hydrogens is 359 g/mol. The molecule has 0 rings (SSSR count). The van der Waals surface area contributed by atoms with Crippen LogP contribution in [0.3, 0.4) is 0 Å². The van der Waals surface area contributed by atoms with Gasteiger partial charge in [-0.2, -0.15) is 0 Å². The van der Waals surface area contributed by atoms with Crippen molar-refractivity contribution < 1.29 is 0 Å². The molecule has 0 radical (unpaired) electrons. The van der Waals surface area contributed by atoms with E-state index < -0.39 is 0 Å². The van der Waals surface area contributed by atoms with Gasteiger partial charge in [0.1, 0.15) is 0 Å². The van der Waals surface area contributed by atoms with Gasteiger partial charge in [0.15, 0.2) is 0 Å². The molecule has 170 valence electrons. The Morgan fingerprint density at radius 1 is 0.276 bits per heavy atom. The quantitative estimate of drug-likeness (QED) is 0.0971. The molecule has 0 bridgehead atoms. The van der Waals surface area contributed by atoms with Crippen molar-refractivity contribution in [1.29, 1.82) is 0 Å². The van der Waals surface area contributed by atoms with Crippen molar-refractivity contribution >= 4 is 27.9 Å². The molecule has 0 aliphatic rings. The van der Waals surface area contributed by atoms with Gasteiger partial charge in [-0.25, -0.2) is 0 Å². The fraction of sp³-hybridized carbons (Fsp3) is 1.00. The van der Waals surface area contributed by atoms with E-state index in [-0.39, 0.29) is 0 Å². The summed E-state index contributed by atoms with van der Waals surface area (Å²) in [5, 5.41) is 0. The second-order valence-electron chi connectivity index (χ2n) is 9.84. The van der Waals surface area contributed by atoms with Gasteiger partial charge >= 0.3 is 102 Å². The third-order valence-electron chi connectivity index (χ3n) is 6.71. The number of unbranched alkanes of at least 4 members (excludes halogenated alkanes) is 25. The zero-order valence-corrected chi connectivity index (χ0v) is 23.1. The summed E-state index contributed by atoms with van der Waals surface area (Å²) < 4.78 is 1.51. The van der Waals surface area contributed by atoms with E-state index in [4.69, 9.17) is 0 Å². The topological polar surface area (TPSA) is 0 Å². The van der Waals surface area contributed by atoms with E-state index in [1.165, 1.54) is 199 Å². The summed E-state index contributed by atoms with van der Waals surface area (Å²) in [6, 6.07) is 0. The molecule has 0 spiro atoms. The fourth-order valence-corrected chi connectivity index (χ4v) is 5.07. The molecular formula is C28H57Na. The van der Waals surface area contributed by atoms with E-state index in [9.17, 15) is 0 Å².